The molecule has 1 fully saturated rings. The first kappa shape index (κ1) is 15.3. The molecule has 1 amide bonds. The van der Waals surface area contributed by atoms with E-state index in [9.17, 15) is 4.79 Å². The van der Waals surface area contributed by atoms with E-state index in [4.69, 9.17) is 9.47 Å². The highest BCUT2D eigenvalue weighted by Gasteiger charge is 2.15. The molecular weight excluding hydrogens is 256 g/mol. The number of morpholine rings is 1. The second-order valence-electron chi connectivity index (χ2n) is 5.39. The Balaban J connectivity index is 1.58. The molecular formula is C15H26N2O3. The number of carbonyl (C=O) groups is 1. The summed E-state index contributed by atoms with van der Waals surface area (Å²) in [4.78, 5) is 14.1. The van der Waals surface area contributed by atoms with Crippen LogP contribution in [0.5, 0.6) is 0 Å². The van der Waals surface area contributed by atoms with Crippen LogP contribution in [-0.2, 0) is 9.47 Å². The Morgan fingerprint density at radius 2 is 2.05 bits per heavy atom. The molecule has 0 aromatic heterocycles. The van der Waals surface area contributed by atoms with E-state index in [1.54, 1.807) is 0 Å². The van der Waals surface area contributed by atoms with Crippen molar-refractivity contribution in [3.63, 3.8) is 0 Å². The number of nitrogens with zero attached hydrogens (tertiary/aromatic N) is 1. The fraction of sp³-hybridized carbons (Fsp3) is 0.800. The van der Waals surface area contributed by atoms with Crippen LogP contribution in [0.25, 0.3) is 0 Å². The lowest BCUT2D eigenvalue weighted by molar-refractivity contribution is 0.0376. The van der Waals surface area contributed by atoms with Gasteiger partial charge in [0.05, 0.1) is 13.2 Å². The van der Waals surface area contributed by atoms with Gasteiger partial charge in [-0.1, -0.05) is 12.2 Å². The van der Waals surface area contributed by atoms with Gasteiger partial charge in [0.15, 0.2) is 0 Å². The fourth-order valence-corrected chi connectivity index (χ4v) is 2.58. The zero-order chi connectivity index (χ0) is 14.0. The van der Waals surface area contributed by atoms with E-state index < -0.39 is 0 Å². The first-order chi connectivity index (χ1) is 9.84. The molecule has 5 nitrogen and oxygen atoms in total. The van der Waals surface area contributed by atoms with Crippen LogP contribution >= 0.6 is 0 Å². The van der Waals surface area contributed by atoms with Crippen LogP contribution in [-0.4, -0.2) is 56.5 Å². The van der Waals surface area contributed by atoms with Gasteiger partial charge in [-0.25, -0.2) is 4.79 Å². The number of amides is 1. The summed E-state index contributed by atoms with van der Waals surface area (Å²) in [5, 5.41) is 2.85. The molecule has 0 spiro atoms. The number of ether oxygens (including phenoxy) is 2. The van der Waals surface area contributed by atoms with Crippen LogP contribution in [0.4, 0.5) is 4.79 Å². The van der Waals surface area contributed by atoms with E-state index in [2.05, 4.69) is 22.4 Å². The molecule has 0 aromatic rings. The molecule has 2 aliphatic rings. The van der Waals surface area contributed by atoms with Crippen LogP contribution in [0.1, 0.15) is 32.1 Å². The average molecular weight is 282 g/mol. The summed E-state index contributed by atoms with van der Waals surface area (Å²) in [7, 11) is 0. The minimum Gasteiger partial charge on any atom is -0.446 e. The second-order valence-corrected chi connectivity index (χ2v) is 5.39. The molecule has 1 atom stereocenters. The molecule has 1 saturated heterocycles. The highest BCUT2D eigenvalue weighted by Crippen LogP contribution is 2.15. The van der Waals surface area contributed by atoms with Crippen LogP contribution in [0, 0.1) is 0 Å². The third kappa shape index (κ3) is 5.92. The van der Waals surface area contributed by atoms with E-state index in [-0.39, 0.29) is 12.2 Å². The van der Waals surface area contributed by atoms with Crippen LogP contribution in [0.15, 0.2) is 12.2 Å². The molecule has 1 heterocycles. The Morgan fingerprint density at radius 1 is 1.25 bits per heavy atom. The summed E-state index contributed by atoms with van der Waals surface area (Å²) in [5.41, 5.74) is 0. The number of allylic oxidation sites excluding steroid dienone is 2. The minimum absolute atomic E-state index is 0.0725. The van der Waals surface area contributed by atoms with Gasteiger partial charge in [0, 0.05) is 26.2 Å². The van der Waals surface area contributed by atoms with Crippen LogP contribution in [0.2, 0.25) is 0 Å². The number of hydrogen-bond acceptors (Lipinski definition) is 4. The minimum atomic E-state index is -0.271. The quantitative estimate of drug-likeness (QED) is 0.801. The van der Waals surface area contributed by atoms with Gasteiger partial charge >= 0.3 is 6.09 Å². The molecule has 2 rings (SSSR count). The van der Waals surface area contributed by atoms with Crippen molar-refractivity contribution < 1.29 is 14.3 Å². The molecule has 5 heteroatoms. The van der Waals surface area contributed by atoms with Crippen molar-refractivity contribution in [2.45, 2.75) is 38.2 Å². The smallest absolute Gasteiger partial charge is 0.407 e. The van der Waals surface area contributed by atoms with Gasteiger partial charge < -0.3 is 14.8 Å². The Bertz CT molecular complexity index is 314. The zero-order valence-electron chi connectivity index (χ0n) is 12.2. The molecule has 20 heavy (non-hydrogen) atoms. The van der Waals surface area contributed by atoms with Gasteiger partial charge in [-0.2, -0.15) is 0 Å². The molecule has 1 N–H and O–H groups in total. The van der Waals surface area contributed by atoms with E-state index in [1.807, 2.05) is 0 Å². The maximum Gasteiger partial charge on any atom is 0.407 e. The second kappa shape index (κ2) is 8.97. The Hall–Kier alpha value is -1.07. The predicted molar refractivity (Wildman–Crippen MR) is 77.8 cm³/mol. The largest absolute Gasteiger partial charge is 0.446 e. The number of alkyl carbamates (subject to hydrolysis) is 1. The average Bonchev–Trinajstić information content (AvgIpc) is 2.43. The summed E-state index contributed by atoms with van der Waals surface area (Å²) < 4.78 is 10.8. The van der Waals surface area contributed by atoms with Gasteiger partial charge in [0.2, 0.25) is 0 Å². The monoisotopic (exact) mass is 282 g/mol. The van der Waals surface area contributed by atoms with Crippen molar-refractivity contribution in [2.75, 3.05) is 39.4 Å². The van der Waals surface area contributed by atoms with Crippen molar-refractivity contribution in [1.82, 2.24) is 10.2 Å². The molecule has 114 valence electrons. The normalized spacial score (nSPS) is 26.3. The Kier molecular flexibility index (Phi) is 6.88. The summed E-state index contributed by atoms with van der Waals surface area (Å²) in [6, 6.07) is 0. The van der Waals surface area contributed by atoms with Gasteiger partial charge in [-0.15, -0.1) is 0 Å². The van der Waals surface area contributed by atoms with Gasteiger partial charge in [-0.05, 0) is 32.1 Å². The van der Waals surface area contributed by atoms with Crippen LogP contribution < -0.4 is 5.32 Å². The Morgan fingerprint density at radius 3 is 2.90 bits per heavy atom. The SMILES string of the molecule is O=C(NCCN1CCOCC1)O[C@H]1CC/C=C/CCC1. The van der Waals surface area contributed by atoms with Gasteiger partial charge in [0.25, 0.3) is 0 Å². The lowest BCUT2D eigenvalue weighted by Gasteiger charge is -2.26. The molecule has 0 bridgehead atoms. The van der Waals surface area contributed by atoms with Gasteiger partial charge in [-0.3, -0.25) is 4.90 Å². The molecule has 1 aliphatic carbocycles. The summed E-state index contributed by atoms with van der Waals surface area (Å²) in [6.07, 6.45) is 9.32. The highest BCUT2D eigenvalue weighted by atomic mass is 16.6. The summed E-state index contributed by atoms with van der Waals surface area (Å²) >= 11 is 0. The predicted octanol–water partition coefficient (Wildman–Crippen LogP) is 1.93. The van der Waals surface area contributed by atoms with Gasteiger partial charge in [0.1, 0.15) is 6.10 Å². The maximum absolute atomic E-state index is 11.8. The van der Waals surface area contributed by atoms with Crippen molar-refractivity contribution in [1.29, 1.82) is 0 Å². The van der Waals surface area contributed by atoms with E-state index in [0.717, 1.165) is 65.0 Å². The first-order valence-corrected chi connectivity index (χ1v) is 7.74. The van der Waals surface area contributed by atoms with E-state index >= 15 is 0 Å². The van der Waals surface area contributed by atoms with Crippen molar-refractivity contribution in [3.8, 4) is 0 Å². The summed E-state index contributed by atoms with van der Waals surface area (Å²) in [6.45, 7) is 4.99. The maximum atomic E-state index is 11.8. The number of rotatable bonds is 4. The van der Waals surface area contributed by atoms with Crippen molar-refractivity contribution in [3.05, 3.63) is 12.2 Å². The number of hydrogen-bond donors (Lipinski definition) is 1. The third-order valence-corrected chi connectivity index (χ3v) is 3.79. The third-order valence-electron chi connectivity index (χ3n) is 3.79. The lowest BCUT2D eigenvalue weighted by Crippen LogP contribution is -2.41. The molecule has 0 aromatic carbocycles. The van der Waals surface area contributed by atoms with Crippen molar-refractivity contribution in [2.24, 2.45) is 0 Å². The van der Waals surface area contributed by atoms with E-state index in [0.29, 0.717) is 6.54 Å². The standard InChI is InChI=1S/C15H26N2O3/c18-15(16-8-9-17-10-12-19-13-11-17)20-14-6-4-2-1-3-5-7-14/h1-2,14H,3-13H2,(H,16,18)/b2-1+/t14-/m0/s1. The van der Waals surface area contributed by atoms with E-state index in [1.165, 1.54) is 0 Å². The molecule has 0 saturated carbocycles. The number of nitrogens with one attached hydrogen (secondary N) is 1. The number of carbonyl (C=O) groups excluding carboxylic acids is 1. The Labute approximate surface area is 121 Å². The topological polar surface area (TPSA) is 50.8 Å². The molecule has 1 aliphatic heterocycles. The fourth-order valence-electron chi connectivity index (χ4n) is 2.58. The zero-order valence-corrected chi connectivity index (χ0v) is 12.2. The molecule has 0 unspecified atom stereocenters. The van der Waals surface area contributed by atoms with Crippen molar-refractivity contribution >= 4 is 6.09 Å². The van der Waals surface area contributed by atoms with Crippen LogP contribution in [0.3, 0.4) is 0 Å². The highest BCUT2D eigenvalue weighted by molar-refractivity contribution is 5.67. The summed E-state index contributed by atoms with van der Waals surface area (Å²) in [5.74, 6) is 0. The first-order valence-electron chi connectivity index (χ1n) is 7.74. The molecule has 0 radical (unpaired) electrons. The lowest BCUT2D eigenvalue weighted by atomic mass is 10.0.